The van der Waals surface area contributed by atoms with Crippen molar-refractivity contribution in [1.82, 2.24) is 0 Å². The number of allylic oxidation sites excluding steroid dienone is 1. The largest absolute Gasteiger partial charge is 0.414 e. The maximum absolute atomic E-state index is 12.2. The van der Waals surface area contributed by atoms with Crippen LogP contribution in [0.5, 0.6) is 0 Å². The van der Waals surface area contributed by atoms with Crippen LogP contribution in [0.15, 0.2) is 16.6 Å². The monoisotopic (exact) mass is 208 g/mol. The topological polar surface area (TPSA) is 36.1 Å². The number of halogens is 4. The van der Waals surface area contributed by atoms with Crippen LogP contribution in [0.2, 0.25) is 0 Å². The van der Waals surface area contributed by atoms with Crippen molar-refractivity contribution in [1.29, 1.82) is 5.26 Å². The molecule has 0 amide bonds. The summed E-state index contributed by atoms with van der Waals surface area (Å²) >= 11 is 5.38. The van der Waals surface area contributed by atoms with Gasteiger partial charge in [-0.25, -0.2) is 0 Å². The Balaban J connectivity index is 3.01. The summed E-state index contributed by atoms with van der Waals surface area (Å²) in [5.74, 6) is 0. The summed E-state index contributed by atoms with van der Waals surface area (Å²) in [5.41, 5.74) is -1.13. The first kappa shape index (κ1) is 10.1. The first-order valence-electron chi connectivity index (χ1n) is 3.32. The third-order valence-corrected chi connectivity index (χ3v) is 1.87. The van der Waals surface area contributed by atoms with Crippen molar-refractivity contribution in [3.63, 3.8) is 0 Å². The van der Waals surface area contributed by atoms with Gasteiger partial charge in [-0.3, -0.25) is 4.99 Å². The molecule has 0 N–H and O–H groups in total. The Morgan fingerprint density at radius 3 is 2.69 bits per heavy atom. The molecule has 1 unspecified atom stereocenters. The lowest BCUT2D eigenvalue weighted by molar-refractivity contribution is -0.0933. The molecule has 0 bridgehead atoms. The normalized spacial score (nSPS) is 23.2. The number of rotatable bonds is 0. The molecule has 1 aliphatic rings. The standard InChI is InChI=1S/C7H4ClF3N2/c8-6-3-13-4(2-12)1-5(6)7(9,10)11/h1,6H,3H2. The molecule has 0 spiro atoms. The second-order valence-corrected chi connectivity index (χ2v) is 2.93. The molecule has 1 aliphatic heterocycles. The van der Waals surface area contributed by atoms with Gasteiger partial charge in [-0.1, -0.05) is 0 Å². The van der Waals surface area contributed by atoms with Gasteiger partial charge >= 0.3 is 6.18 Å². The Morgan fingerprint density at radius 2 is 2.23 bits per heavy atom. The Hall–Kier alpha value is -1.02. The van der Waals surface area contributed by atoms with Gasteiger partial charge in [0.25, 0.3) is 0 Å². The predicted octanol–water partition coefficient (Wildman–Crippen LogP) is 2.06. The van der Waals surface area contributed by atoms with E-state index in [2.05, 4.69) is 4.99 Å². The predicted molar refractivity (Wildman–Crippen MR) is 41.7 cm³/mol. The molecule has 0 saturated carbocycles. The fourth-order valence-corrected chi connectivity index (χ4v) is 1.14. The van der Waals surface area contributed by atoms with Gasteiger partial charge in [0.05, 0.1) is 17.5 Å². The molecular formula is C7H4ClF3N2. The average molecular weight is 209 g/mol. The molecular weight excluding hydrogens is 205 g/mol. The Morgan fingerprint density at radius 1 is 1.62 bits per heavy atom. The summed E-state index contributed by atoms with van der Waals surface area (Å²) in [6.45, 7) is -0.199. The fraction of sp³-hybridized carbons (Fsp3) is 0.429. The van der Waals surface area contributed by atoms with Crippen LogP contribution in [0.3, 0.4) is 0 Å². The van der Waals surface area contributed by atoms with Crippen LogP contribution in [0.4, 0.5) is 13.2 Å². The van der Waals surface area contributed by atoms with Crippen molar-refractivity contribution in [3.05, 3.63) is 11.6 Å². The average Bonchev–Trinajstić information content (AvgIpc) is 2.03. The molecule has 1 rings (SSSR count). The maximum atomic E-state index is 12.2. The Labute approximate surface area is 77.3 Å². The SMILES string of the molecule is N#CC1=NCC(Cl)C(C(F)(F)F)=C1. The zero-order valence-electron chi connectivity index (χ0n) is 6.27. The van der Waals surface area contributed by atoms with E-state index in [4.69, 9.17) is 16.9 Å². The van der Waals surface area contributed by atoms with E-state index in [1.54, 1.807) is 6.07 Å². The van der Waals surface area contributed by atoms with Crippen molar-refractivity contribution >= 4 is 17.3 Å². The van der Waals surface area contributed by atoms with Crippen LogP contribution in [-0.4, -0.2) is 23.8 Å². The Kier molecular flexibility index (Phi) is 2.62. The van der Waals surface area contributed by atoms with E-state index in [-0.39, 0.29) is 12.3 Å². The van der Waals surface area contributed by atoms with Crippen molar-refractivity contribution < 1.29 is 13.2 Å². The first-order valence-corrected chi connectivity index (χ1v) is 3.76. The summed E-state index contributed by atoms with van der Waals surface area (Å²) in [6, 6.07) is 1.54. The minimum Gasteiger partial charge on any atom is -0.272 e. The first-order chi connectivity index (χ1) is 5.95. The number of dihydropyridines is 1. The van der Waals surface area contributed by atoms with E-state index < -0.39 is 17.1 Å². The zero-order valence-corrected chi connectivity index (χ0v) is 7.02. The molecule has 0 aromatic rings. The molecule has 6 heteroatoms. The van der Waals surface area contributed by atoms with E-state index in [1.807, 2.05) is 0 Å². The quantitative estimate of drug-likeness (QED) is 0.562. The van der Waals surface area contributed by atoms with Crippen LogP contribution >= 0.6 is 11.6 Å². The highest BCUT2D eigenvalue weighted by Gasteiger charge is 2.39. The second kappa shape index (κ2) is 3.38. The third-order valence-electron chi connectivity index (χ3n) is 1.49. The lowest BCUT2D eigenvalue weighted by Gasteiger charge is -2.18. The van der Waals surface area contributed by atoms with Crippen molar-refractivity contribution in [2.24, 2.45) is 4.99 Å². The lowest BCUT2D eigenvalue weighted by Crippen LogP contribution is -2.26. The van der Waals surface area contributed by atoms with Gasteiger partial charge in [-0.2, -0.15) is 18.4 Å². The van der Waals surface area contributed by atoms with Crippen molar-refractivity contribution in [2.75, 3.05) is 6.54 Å². The van der Waals surface area contributed by atoms with Gasteiger partial charge in [-0.05, 0) is 6.08 Å². The number of hydrogen-bond donors (Lipinski definition) is 0. The van der Waals surface area contributed by atoms with Gasteiger partial charge in [0.1, 0.15) is 11.8 Å². The van der Waals surface area contributed by atoms with E-state index in [0.717, 1.165) is 0 Å². The van der Waals surface area contributed by atoms with Gasteiger partial charge < -0.3 is 0 Å². The highest BCUT2D eigenvalue weighted by Crippen LogP contribution is 2.32. The van der Waals surface area contributed by atoms with E-state index in [1.165, 1.54) is 0 Å². The van der Waals surface area contributed by atoms with Crippen molar-refractivity contribution in [2.45, 2.75) is 11.6 Å². The molecule has 0 saturated heterocycles. The summed E-state index contributed by atoms with van der Waals surface area (Å²) < 4.78 is 36.6. The van der Waals surface area contributed by atoms with Crippen LogP contribution in [0.25, 0.3) is 0 Å². The number of hydrogen-bond acceptors (Lipinski definition) is 2. The zero-order chi connectivity index (χ0) is 10.1. The van der Waals surface area contributed by atoms with Crippen LogP contribution in [-0.2, 0) is 0 Å². The number of nitrogens with zero attached hydrogens (tertiary/aromatic N) is 2. The van der Waals surface area contributed by atoms with E-state index in [9.17, 15) is 13.2 Å². The molecule has 13 heavy (non-hydrogen) atoms. The minimum absolute atomic E-state index is 0.199. The molecule has 2 nitrogen and oxygen atoms in total. The summed E-state index contributed by atoms with van der Waals surface area (Å²) in [7, 11) is 0. The smallest absolute Gasteiger partial charge is 0.272 e. The number of nitriles is 1. The Bertz CT molecular complexity index is 311. The van der Waals surface area contributed by atoms with E-state index in [0.29, 0.717) is 6.08 Å². The minimum atomic E-state index is -4.48. The van der Waals surface area contributed by atoms with Gasteiger partial charge in [-0.15, -0.1) is 11.6 Å². The summed E-state index contributed by atoms with van der Waals surface area (Å²) in [6.07, 6.45) is -3.80. The highest BCUT2D eigenvalue weighted by atomic mass is 35.5. The molecule has 0 radical (unpaired) electrons. The molecule has 0 aromatic carbocycles. The van der Waals surface area contributed by atoms with Gasteiger partial charge in [0.15, 0.2) is 0 Å². The van der Waals surface area contributed by atoms with Crippen molar-refractivity contribution in [3.8, 4) is 6.07 Å². The second-order valence-electron chi connectivity index (χ2n) is 2.40. The molecule has 70 valence electrons. The molecule has 0 aliphatic carbocycles. The number of alkyl halides is 4. The molecule has 0 aromatic heterocycles. The van der Waals surface area contributed by atoms with Crippen LogP contribution in [0, 0.1) is 11.3 Å². The molecule has 1 heterocycles. The summed E-state index contributed by atoms with van der Waals surface area (Å²) in [4.78, 5) is 3.54. The van der Waals surface area contributed by atoms with Crippen LogP contribution < -0.4 is 0 Å². The number of aliphatic imine (C=N–C) groups is 1. The third kappa shape index (κ3) is 2.22. The highest BCUT2D eigenvalue weighted by molar-refractivity contribution is 6.24. The lowest BCUT2D eigenvalue weighted by atomic mass is 10.1. The van der Waals surface area contributed by atoms with Crippen LogP contribution in [0.1, 0.15) is 0 Å². The van der Waals surface area contributed by atoms with Gasteiger partial charge in [0.2, 0.25) is 0 Å². The molecule has 0 fully saturated rings. The van der Waals surface area contributed by atoms with Gasteiger partial charge in [0, 0.05) is 0 Å². The van der Waals surface area contributed by atoms with E-state index >= 15 is 0 Å². The molecule has 1 atom stereocenters. The maximum Gasteiger partial charge on any atom is 0.414 e. The summed E-state index contributed by atoms with van der Waals surface area (Å²) in [5, 5.41) is 7.14. The fourth-order valence-electron chi connectivity index (χ4n) is 0.887.